The minimum absolute atomic E-state index is 0.466. The van der Waals surface area contributed by atoms with E-state index in [2.05, 4.69) is 34.3 Å². The van der Waals surface area contributed by atoms with E-state index < -0.39 is 0 Å². The zero-order valence-electron chi connectivity index (χ0n) is 9.41. The van der Waals surface area contributed by atoms with Crippen molar-refractivity contribution < 1.29 is 0 Å². The van der Waals surface area contributed by atoms with Gasteiger partial charge in [0.05, 0.1) is 11.6 Å². The third-order valence-corrected chi connectivity index (χ3v) is 4.17. The standard InChI is InChI=1S/C14H13ClN2/c15-12-4-3-10-9-2-1-6-16-13(9)8-17-7-5-11(12)14(10)17/h2-5,7,13,16H,1,6,8H2. The van der Waals surface area contributed by atoms with Crippen LogP contribution in [0.3, 0.4) is 0 Å². The summed E-state index contributed by atoms with van der Waals surface area (Å²) in [4.78, 5) is 0. The van der Waals surface area contributed by atoms with Crippen LogP contribution in [0.2, 0.25) is 5.02 Å². The van der Waals surface area contributed by atoms with Crippen molar-refractivity contribution in [2.24, 2.45) is 0 Å². The number of halogens is 1. The summed E-state index contributed by atoms with van der Waals surface area (Å²) in [6.45, 7) is 2.10. The molecule has 2 aliphatic heterocycles. The Labute approximate surface area is 105 Å². The molecule has 3 heterocycles. The van der Waals surface area contributed by atoms with Gasteiger partial charge in [-0.1, -0.05) is 23.7 Å². The van der Waals surface area contributed by atoms with E-state index in [1.54, 1.807) is 0 Å². The van der Waals surface area contributed by atoms with Crippen LogP contribution in [0.4, 0.5) is 0 Å². The van der Waals surface area contributed by atoms with Crippen LogP contribution >= 0.6 is 11.6 Å². The van der Waals surface area contributed by atoms with Crippen LogP contribution < -0.4 is 5.32 Å². The summed E-state index contributed by atoms with van der Waals surface area (Å²) < 4.78 is 2.32. The van der Waals surface area contributed by atoms with Crippen LogP contribution in [-0.2, 0) is 6.54 Å². The highest BCUT2D eigenvalue weighted by Gasteiger charge is 2.26. The van der Waals surface area contributed by atoms with Crippen LogP contribution in [0.1, 0.15) is 12.0 Å². The second kappa shape index (κ2) is 3.37. The summed E-state index contributed by atoms with van der Waals surface area (Å²) in [7, 11) is 0. The second-order valence-corrected chi connectivity index (χ2v) is 5.19. The van der Waals surface area contributed by atoms with Crippen LogP contribution in [0.25, 0.3) is 16.5 Å². The monoisotopic (exact) mass is 244 g/mol. The zero-order valence-corrected chi connectivity index (χ0v) is 10.2. The molecule has 17 heavy (non-hydrogen) atoms. The van der Waals surface area contributed by atoms with Crippen LogP contribution in [0, 0.1) is 0 Å². The normalized spacial score (nSPS) is 22.4. The molecule has 3 heteroatoms. The summed E-state index contributed by atoms with van der Waals surface area (Å²) in [6.07, 6.45) is 5.64. The fourth-order valence-corrected chi connectivity index (χ4v) is 3.29. The maximum absolute atomic E-state index is 6.25. The summed E-state index contributed by atoms with van der Waals surface area (Å²) in [5.74, 6) is 0. The van der Waals surface area contributed by atoms with Crippen LogP contribution in [0.5, 0.6) is 0 Å². The van der Waals surface area contributed by atoms with Crippen LogP contribution in [-0.4, -0.2) is 17.2 Å². The molecule has 1 N–H and O–H groups in total. The first-order valence-electron chi connectivity index (χ1n) is 6.06. The van der Waals surface area contributed by atoms with Crippen molar-refractivity contribution in [1.29, 1.82) is 0 Å². The molecule has 0 amide bonds. The van der Waals surface area contributed by atoms with E-state index in [1.165, 1.54) is 22.0 Å². The molecule has 2 aromatic rings. The smallest absolute Gasteiger partial charge is 0.0572 e. The zero-order chi connectivity index (χ0) is 11.4. The van der Waals surface area contributed by atoms with Gasteiger partial charge in [0.15, 0.2) is 0 Å². The van der Waals surface area contributed by atoms with Crippen LogP contribution in [0.15, 0.2) is 30.5 Å². The number of fused-ring (bicyclic) bond motifs is 2. The van der Waals surface area contributed by atoms with Gasteiger partial charge in [-0.05, 0) is 30.7 Å². The number of benzene rings is 1. The maximum atomic E-state index is 6.25. The summed E-state index contributed by atoms with van der Waals surface area (Å²) in [5, 5.41) is 5.61. The first-order chi connectivity index (χ1) is 8.34. The molecule has 0 saturated carbocycles. The highest BCUT2D eigenvalue weighted by atomic mass is 35.5. The van der Waals surface area contributed by atoms with Crippen molar-refractivity contribution in [2.75, 3.05) is 6.54 Å². The summed E-state index contributed by atoms with van der Waals surface area (Å²) in [6, 6.07) is 6.76. The molecule has 0 radical (unpaired) electrons. The van der Waals surface area contributed by atoms with Gasteiger partial charge >= 0.3 is 0 Å². The lowest BCUT2D eigenvalue weighted by atomic mass is 9.90. The first-order valence-corrected chi connectivity index (χ1v) is 6.43. The minimum Gasteiger partial charge on any atom is -0.345 e. The summed E-state index contributed by atoms with van der Waals surface area (Å²) >= 11 is 6.25. The largest absolute Gasteiger partial charge is 0.345 e. The molecule has 1 unspecified atom stereocenters. The number of hydrogen-bond acceptors (Lipinski definition) is 1. The molecule has 1 aromatic heterocycles. The molecule has 0 fully saturated rings. The molecule has 4 rings (SSSR count). The lowest BCUT2D eigenvalue weighted by Gasteiger charge is -2.31. The average Bonchev–Trinajstić information content (AvgIpc) is 2.78. The van der Waals surface area contributed by atoms with E-state index in [4.69, 9.17) is 11.6 Å². The molecule has 2 aliphatic rings. The Balaban J connectivity index is 2.08. The predicted molar refractivity (Wildman–Crippen MR) is 71.3 cm³/mol. The Morgan fingerprint density at radius 1 is 1.29 bits per heavy atom. The molecular weight excluding hydrogens is 232 g/mol. The molecular formula is C14H13ClN2. The van der Waals surface area contributed by atoms with Gasteiger partial charge < -0.3 is 9.88 Å². The topological polar surface area (TPSA) is 17.0 Å². The Hall–Kier alpha value is -1.25. The lowest BCUT2D eigenvalue weighted by Crippen LogP contribution is -2.39. The van der Waals surface area contributed by atoms with Gasteiger partial charge in [0.1, 0.15) is 0 Å². The third-order valence-electron chi connectivity index (χ3n) is 3.84. The number of hydrogen-bond donors (Lipinski definition) is 1. The molecule has 2 nitrogen and oxygen atoms in total. The molecule has 1 aromatic carbocycles. The highest BCUT2D eigenvalue weighted by molar-refractivity contribution is 6.35. The maximum Gasteiger partial charge on any atom is 0.0572 e. The van der Waals surface area contributed by atoms with Gasteiger partial charge in [-0.2, -0.15) is 0 Å². The van der Waals surface area contributed by atoms with Crippen molar-refractivity contribution in [3.05, 3.63) is 41.1 Å². The van der Waals surface area contributed by atoms with Gasteiger partial charge in [-0.25, -0.2) is 0 Å². The van der Waals surface area contributed by atoms with Gasteiger partial charge in [0.25, 0.3) is 0 Å². The van der Waals surface area contributed by atoms with Gasteiger partial charge in [-0.3, -0.25) is 0 Å². The lowest BCUT2D eigenvalue weighted by molar-refractivity contribution is 0.516. The fraction of sp³-hybridized carbons (Fsp3) is 0.286. The molecule has 0 bridgehead atoms. The quantitative estimate of drug-likeness (QED) is 0.754. The van der Waals surface area contributed by atoms with E-state index in [0.29, 0.717) is 6.04 Å². The number of aromatic nitrogens is 1. The van der Waals surface area contributed by atoms with Gasteiger partial charge in [0.2, 0.25) is 0 Å². The van der Waals surface area contributed by atoms with E-state index in [9.17, 15) is 0 Å². The molecule has 0 saturated heterocycles. The third kappa shape index (κ3) is 1.25. The van der Waals surface area contributed by atoms with Crippen molar-refractivity contribution in [3.8, 4) is 0 Å². The minimum atomic E-state index is 0.466. The number of rotatable bonds is 0. The SMILES string of the molecule is Clc1ccc2c3c1ccn3CC1NCCC=C21. The predicted octanol–water partition coefficient (Wildman–Crippen LogP) is 3.05. The van der Waals surface area contributed by atoms with E-state index in [-0.39, 0.29) is 0 Å². The molecule has 0 aliphatic carbocycles. The van der Waals surface area contributed by atoms with Crippen molar-refractivity contribution in [3.63, 3.8) is 0 Å². The van der Waals surface area contributed by atoms with E-state index in [1.807, 2.05) is 6.07 Å². The fourth-order valence-electron chi connectivity index (χ4n) is 3.07. The Morgan fingerprint density at radius 3 is 3.18 bits per heavy atom. The molecule has 0 spiro atoms. The second-order valence-electron chi connectivity index (χ2n) is 4.78. The Kier molecular flexibility index (Phi) is 1.93. The van der Waals surface area contributed by atoms with E-state index in [0.717, 1.165) is 24.5 Å². The molecule has 1 atom stereocenters. The highest BCUT2D eigenvalue weighted by Crippen LogP contribution is 2.37. The van der Waals surface area contributed by atoms with Gasteiger partial charge in [0, 0.05) is 28.7 Å². The number of nitrogens with one attached hydrogen (secondary N) is 1. The van der Waals surface area contributed by atoms with Crippen molar-refractivity contribution in [1.82, 2.24) is 9.88 Å². The van der Waals surface area contributed by atoms with Gasteiger partial charge in [-0.15, -0.1) is 0 Å². The average molecular weight is 245 g/mol. The molecule has 86 valence electrons. The number of nitrogens with zero attached hydrogens (tertiary/aromatic N) is 1. The Morgan fingerprint density at radius 2 is 2.24 bits per heavy atom. The summed E-state index contributed by atoms with van der Waals surface area (Å²) in [5.41, 5.74) is 4.09. The first kappa shape index (κ1) is 9.75. The van der Waals surface area contributed by atoms with E-state index >= 15 is 0 Å². The van der Waals surface area contributed by atoms with Crippen molar-refractivity contribution >= 4 is 28.1 Å². The Bertz CT molecular complexity index is 639. The van der Waals surface area contributed by atoms with Crippen molar-refractivity contribution in [2.45, 2.75) is 19.0 Å².